The molecular weight excluding hydrogens is 422 g/mol. The topological polar surface area (TPSA) is 94.2 Å². The number of hydrogen-bond donors (Lipinski definition) is 2. The van der Waals surface area contributed by atoms with Crippen molar-refractivity contribution in [2.24, 2.45) is 0 Å². The summed E-state index contributed by atoms with van der Waals surface area (Å²) in [6.45, 7) is 12.8. The Kier molecular flexibility index (Phi) is 6.24. The molecule has 0 radical (unpaired) electrons. The largest absolute Gasteiger partial charge is 0.399 e. The first-order valence-electron chi connectivity index (χ1n) is 10.5. The van der Waals surface area contributed by atoms with E-state index in [0.717, 1.165) is 22.3 Å². The van der Waals surface area contributed by atoms with Gasteiger partial charge in [-0.1, -0.05) is 38.5 Å². The highest BCUT2D eigenvalue weighted by atomic mass is 32.2. The molecule has 0 aliphatic heterocycles. The number of nitrogens with one attached hydrogen (secondary N) is 1. The first kappa shape index (κ1) is 23.6. The summed E-state index contributed by atoms with van der Waals surface area (Å²) in [5.74, 6) is -0.667. The summed E-state index contributed by atoms with van der Waals surface area (Å²) in [7, 11) is -4.03. The van der Waals surface area contributed by atoms with Crippen LogP contribution in [0.5, 0.6) is 0 Å². The van der Waals surface area contributed by atoms with Crippen LogP contribution in [0.25, 0.3) is 0 Å². The molecule has 3 rings (SSSR count). The van der Waals surface area contributed by atoms with Crippen molar-refractivity contribution in [1.29, 1.82) is 0 Å². The third-order valence-corrected chi connectivity index (χ3v) is 6.93. The summed E-state index contributed by atoms with van der Waals surface area (Å²) in [5, 5.41) is 0. The molecule has 0 bridgehead atoms. The van der Waals surface area contributed by atoms with E-state index in [1.165, 1.54) is 29.8 Å². The van der Waals surface area contributed by atoms with E-state index in [1.54, 1.807) is 6.07 Å². The second-order valence-electron chi connectivity index (χ2n) is 9.37. The minimum absolute atomic E-state index is 0.0144. The lowest BCUT2D eigenvalue weighted by Crippen LogP contribution is -2.32. The minimum Gasteiger partial charge on any atom is -0.399 e. The van der Waals surface area contributed by atoms with Crippen LogP contribution in [0.2, 0.25) is 0 Å². The molecule has 0 fully saturated rings. The minimum atomic E-state index is -4.03. The maximum absolute atomic E-state index is 13.1. The molecule has 0 unspecified atom stereocenters. The fraction of sp³-hybridized carbons (Fsp3) is 0.320. The van der Waals surface area contributed by atoms with Crippen LogP contribution in [0.4, 0.5) is 5.69 Å². The number of carbonyl (C=O) groups excluding carboxylic acids is 1. The molecule has 6 nitrogen and oxygen atoms in total. The van der Waals surface area contributed by atoms with Crippen LogP contribution in [0.3, 0.4) is 0 Å². The maximum atomic E-state index is 13.1. The molecule has 170 valence electrons. The van der Waals surface area contributed by atoms with Gasteiger partial charge < -0.3 is 10.3 Å². The van der Waals surface area contributed by atoms with Crippen LogP contribution in [-0.4, -0.2) is 18.9 Å². The predicted octanol–water partition coefficient (Wildman–Crippen LogP) is 4.46. The quantitative estimate of drug-likeness (QED) is 0.558. The number of hydrogen-bond acceptors (Lipinski definition) is 4. The van der Waals surface area contributed by atoms with Crippen LogP contribution in [-0.2, 0) is 22.0 Å². The number of rotatable bonds is 5. The molecule has 1 amide bonds. The highest BCUT2D eigenvalue weighted by molar-refractivity contribution is 7.90. The lowest BCUT2D eigenvalue weighted by molar-refractivity contribution is 0.0973. The van der Waals surface area contributed by atoms with E-state index in [-0.39, 0.29) is 10.3 Å². The zero-order valence-corrected chi connectivity index (χ0v) is 20.3. The molecule has 0 aliphatic rings. The van der Waals surface area contributed by atoms with Gasteiger partial charge in [0.15, 0.2) is 0 Å². The molecule has 7 heteroatoms. The van der Waals surface area contributed by atoms with Gasteiger partial charge in [-0.3, -0.25) is 4.79 Å². The molecular formula is C25H31N3O3S. The van der Waals surface area contributed by atoms with Gasteiger partial charge in [0.25, 0.3) is 15.9 Å². The van der Waals surface area contributed by atoms with Crippen LogP contribution in [0.1, 0.15) is 59.1 Å². The smallest absolute Gasteiger partial charge is 0.281 e. The van der Waals surface area contributed by atoms with Crippen LogP contribution in [0, 0.1) is 20.8 Å². The number of sulfonamides is 1. The Bertz CT molecular complexity index is 1240. The van der Waals surface area contributed by atoms with Gasteiger partial charge >= 0.3 is 0 Å². The number of carbonyl (C=O) groups is 1. The van der Waals surface area contributed by atoms with Crippen LogP contribution in [0.15, 0.2) is 53.6 Å². The number of amides is 1. The number of nitrogens with zero attached hydrogens (tertiary/aromatic N) is 1. The van der Waals surface area contributed by atoms with E-state index in [2.05, 4.69) is 58.4 Å². The van der Waals surface area contributed by atoms with Crippen molar-refractivity contribution < 1.29 is 13.2 Å². The summed E-state index contributed by atoms with van der Waals surface area (Å²) < 4.78 is 29.6. The van der Waals surface area contributed by atoms with Crippen molar-refractivity contribution in [3.63, 3.8) is 0 Å². The Labute approximate surface area is 190 Å². The number of aromatic nitrogens is 1. The van der Waals surface area contributed by atoms with Crippen LogP contribution < -0.4 is 10.5 Å². The van der Waals surface area contributed by atoms with E-state index >= 15 is 0 Å². The van der Waals surface area contributed by atoms with Crippen molar-refractivity contribution in [2.45, 2.75) is 58.4 Å². The number of aryl methyl sites for hydroxylation is 3. The highest BCUT2D eigenvalue weighted by Crippen LogP contribution is 2.27. The molecule has 0 saturated heterocycles. The van der Waals surface area contributed by atoms with Gasteiger partial charge in [0.1, 0.15) is 5.69 Å². The van der Waals surface area contributed by atoms with Crippen molar-refractivity contribution in [3.8, 4) is 0 Å². The van der Waals surface area contributed by atoms with Gasteiger partial charge in [0.05, 0.1) is 4.90 Å². The Morgan fingerprint density at radius 2 is 1.56 bits per heavy atom. The standard InChI is InChI=1S/C25H31N3O3S/c1-16-11-17(2)22(18(3)12-16)15-28-14-19(25(4,5)6)13-23(28)24(29)27-32(30,31)21-9-7-20(26)8-10-21/h7-14H,15,26H2,1-6H3,(H,27,29). The molecule has 0 aliphatic carbocycles. The van der Waals surface area contributed by atoms with E-state index in [9.17, 15) is 13.2 Å². The first-order chi connectivity index (χ1) is 14.8. The van der Waals surface area contributed by atoms with E-state index in [1.807, 2.05) is 10.8 Å². The highest BCUT2D eigenvalue weighted by Gasteiger charge is 2.25. The second kappa shape index (κ2) is 8.47. The Morgan fingerprint density at radius 3 is 2.09 bits per heavy atom. The van der Waals surface area contributed by atoms with E-state index < -0.39 is 15.9 Å². The summed E-state index contributed by atoms with van der Waals surface area (Å²) in [4.78, 5) is 13.1. The summed E-state index contributed by atoms with van der Waals surface area (Å²) in [5.41, 5.74) is 11.7. The normalized spacial score (nSPS) is 12.1. The molecule has 32 heavy (non-hydrogen) atoms. The third kappa shape index (κ3) is 5.05. The molecule has 1 aromatic heterocycles. The summed E-state index contributed by atoms with van der Waals surface area (Å²) >= 11 is 0. The lowest BCUT2D eigenvalue weighted by Gasteiger charge is -2.16. The number of nitrogen functional groups attached to an aromatic ring is 1. The SMILES string of the molecule is Cc1cc(C)c(Cn2cc(C(C)(C)C)cc2C(=O)NS(=O)(=O)c2ccc(N)cc2)c(C)c1. The van der Waals surface area contributed by atoms with E-state index in [0.29, 0.717) is 17.9 Å². The Balaban J connectivity index is 2.01. The van der Waals surface area contributed by atoms with Crippen molar-refractivity contribution in [1.82, 2.24) is 9.29 Å². The van der Waals surface area contributed by atoms with Gasteiger partial charge in [-0.05, 0) is 78.8 Å². The van der Waals surface area contributed by atoms with Crippen LogP contribution >= 0.6 is 0 Å². The predicted molar refractivity (Wildman–Crippen MR) is 128 cm³/mol. The fourth-order valence-electron chi connectivity index (χ4n) is 3.75. The zero-order chi connectivity index (χ0) is 23.8. The van der Waals surface area contributed by atoms with Crippen molar-refractivity contribution in [2.75, 3.05) is 5.73 Å². The molecule has 0 saturated carbocycles. The first-order valence-corrected chi connectivity index (χ1v) is 12.0. The number of nitrogens with two attached hydrogens (primary N) is 1. The van der Waals surface area contributed by atoms with E-state index in [4.69, 9.17) is 5.73 Å². The van der Waals surface area contributed by atoms with Gasteiger partial charge in [-0.15, -0.1) is 0 Å². The van der Waals surface area contributed by atoms with Gasteiger partial charge in [-0.2, -0.15) is 0 Å². The fourth-order valence-corrected chi connectivity index (χ4v) is 4.71. The molecule has 3 N–H and O–H groups in total. The maximum Gasteiger partial charge on any atom is 0.281 e. The Hall–Kier alpha value is -3.06. The average molecular weight is 454 g/mol. The Morgan fingerprint density at radius 1 is 1.00 bits per heavy atom. The third-order valence-electron chi connectivity index (χ3n) is 5.58. The molecule has 3 aromatic rings. The van der Waals surface area contributed by atoms with Gasteiger partial charge in [0.2, 0.25) is 0 Å². The molecule has 2 aromatic carbocycles. The number of benzene rings is 2. The van der Waals surface area contributed by atoms with Crippen molar-refractivity contribution in [3.05, 3.63) is 82.2 Å². The lowest BCUT2D eigenvalue weighted by atomic mass is 9.89. The molecule has 0 atom stereocenters. The molecule has 0 spiro atoms. The monoisotopic (exact) mass is 453 g/mol. The van der Waals surface area contributed by atoms with Gasteiger partial charge in [-0.25, -0.2) is 13.1 Å². The average Bonchev–Trinajstić information content (AvgIpc) is 3.09. The van der Waals surface area contributed by atoms with Crippen molar-refractivity contribution >= 4 is 21.6 Å². The molecule has 1 heterocycles. The zero-order valence-electron chi connectivity index (χ0n) is 19.5. The number of anilines is 1. The van der Waals surface area contributed by atoms with Gasteiger partial charge in [0, 0.05) is 18.4 Å². The second-order valence-corrected chi connectivity index (χ2v) is 11.1. The summed E-state index contributed by atoms with van der Waals surface area (Å²) in [6, 6.07) is 11.7. The summed E-state index contributed by atoms with van der Waals surface area (Å²) in [6.07, 6.45) is 1.93.